The van der Waals surface area contributed by atoms with E-state index in [4.69, 9.17) is 25.8 Å². The Hall–Kier alpha value is -2.83. The van der Waals surface area contributed by atoms with Gasteiger partial charge in [0.15, 0.2) is 0 Å². The maximum Gasteiger partial charge on any atom is 0.232 e. The molecule has 2 aliphatic heterocycles. The largest absolute Gasteiger partial charge is 0.481 e. The summed E-state index contributed by atoms with van der Waals surface area (Å²) < 4.78 is 17.1. The molecule has 4 rings (SSSR count). The second-order valence-electron chi connectivity index (χ2n) is 8.97. The highest BCUT2D eigenvalue weighted by atomic mass is 35.5. The summed E-state index contributed by atoms with van der Waals surface area (Å²) in [6.07, 6.45) is 6.36. The molecule has 9 nitrogen and oxygen atoms in total. The van der Waals surface area contributed by atoms with Crippen LogP contribution in [0.5, 0.6) is 11.8 Å². The Balaban J connectivity index is 1.39. The number of hydrogen-bond donors (Lipinski definition) is 0. The highest BCUT2D eigenvalue weighted by Gasteiger charge is 2.40. The minimum Gasteiger partial charge on any atom is -0.481 e. The summed E-state index contributed by atoms with van der Waals surface area (Å²) in [5.41, 5.74) is 0.920. The van der Waals surface area contributed by atoms with E-state index in [1.807, 2.05) is 6.07 Å². The summed E-state index contributed by atoms with van der Waals surface area (Å²) in [5, 5.41) is 9.87. The predicted octanol–water partition coefficient (Wildman–Crippen LogP) is 3.58. The zero-order valence-electron chi connectivity index (χ0n) is 20.0. The third kappa shape index (κ3) is 4.98. The molecule has 0 aromatic carbocycles. The maximum atomic E-state index is 9.26. The molecule has 4 heterocycles. The maximum absolute atomic E-state index is 9.26. The molecule has 0 amide bonds. The number of hydrogen-bond acceptors (Lipinski definition) is 9. The fraction of sp³-hybridized carbons (Fsp3) is 0.583. The second-order valence-corrected chi connectivity index (χ2v) is 9.38. The normalized spacial score (nSPS) is 26.9. The van der Waals surface area contributed by atoms with Crippen molar-refractivity contribution in [3.8, 4) is 17.8 Å². The van der Waals surface area contributed by atoms with Crippen molar-refractivity contribution in [1.29, 1.82) is 5.26 Å². The molecule has 10 heteroatoms. The van der Waals surface area contributed by atoms with Crippen molar-refractivity contribution in [1.82, 2.24) is 15.0 Å². The first-order valence-electron chi connectivity index (χ1n) is 11.5. The third-order valence-electron chi connectivity index (χ3n) is 6.94. The Bertz CT molecular complexity index is 1020. The van der Waals surface area contributed by atoms with Crippen LogP contribution in [0.4, 0.5) is 11.5 Å². The quantitative estimate of drug-likeness (QED) is 0.581. The molecule has 0 spiro atoms. The molecule has 0 saturated carbocycles. The van der Waals surface area contributed by atoms with Crippen LogP contribution in [0.15, 0.2) is 24.7 Å². The van der Waals surface area contributed by atoms with Gasteiger partial charge in [-0.3, -0.25) is 0 Å². The number of ether oxygens (including phenoxy) is 3. The lowest BCUT2D eigenvalue weighted by atomic mass is 9.96. The molecule has 0 aliphatic carbocycles. The predicted molar refractivity (Wildman–Crippen MR) is 130 cm³/mol. The van der Waals surface area contributed by atoms with Gasteiger partial charge in [0, 0.05) is 57.1 Å². The number of pyridine rings is 1. The summed E-state index contributed by atoms with van der Waals surface area (Å²) in [6.45, 7) is 6.56. The molecule has 5 unspecified atom stereocenters. The standard InChI is InChI=1S/C24H31ClN6O3/c1-15-13-30(19-9-23(33-4)28-10-17(19)25)8-6-20(15)34-24-12-27-22(11-29-24)31-14-21(32-3)16(2)18(31)5-7-26/h9-12,15-16,18,20-21H,5-6,8,13-14H2,1-4H3. The highest BCUT2D eigenvalue weighted by molar-refractivity contribution is 6.33. The van der Waals surface area contributed by atoms with E-state index in [0.29, 0.717) is 29.7 Å². The van der Waals surface area contributed by atoms with Crippen LogP contribution in [-0.2, 0) is 4.74 Å². The molecular formula is C24H31ClN6O3. The number of rotatable bonds is 7. The number of halogens is 1. The third-order valence-corrected chi connectivity index (χ3v) is 7.23. The minimum atomic E-state index is 0.0231. The lowest BCUT2D eigenvalue weighted by Gasteiger charge is -2.38. The fourth-order valence-corrected chi connectivity index (χ4v) is 5.15. The van der Waals surface area contributed by atoms with Crippen molar-refractivity contribution < 1.29 is 14.2 Å². The zero-order valence-corrected chi connectivity index (χ0v) is 20.8. The van der Waals surface area contributed by atoms with E-state index < -0.39 is 0 Å². The van der Waals surface area contributed by atoms with Crippen molar-refractivity contribution in [2.75, 3.05) is 43.7 Å². The summed E-state index contributed by atoms with van der Waals surface area (Å²) in [4.78, 5) is 17.6. The van der Waals surface area contributed by atoms with E-state index in [2.05, 4.69) is 44.7 Å². The van der Waals surface area contributed by atoms with Gasteiger partial charge >= 0.3 is 0 Å². The summed E-state index contributed by atoms with van der Waals surface area (Å²) in [7, 11) is 3.31. The molecule has 2 aromatic heterocycles. The Morgan fingerprint density at radius 2 is 1.88 bits per heavy atom. The molecule has 34 heavy (non-hydrogen) atoms. The van der Waals surface area contributed by atoms with Gasteiger partial charge in [-0.1, -0.05) is 25.4 Å². The first-order valence-corrected chi connectivity index (χ1v) is 11.9. The average Bonchev–Trinajstić information content (AvgIpc) is 3.16. The van der Waals surface area contributed by atoms with Gasteiger partial charge in [0.05, 0.1) is 55.0 Å². The van der Waals surface area contributed by atoms with Gasteiger partial charge in [-0.15, -0.1) is 0 Å². The number of anilines is 2. The summed E-state index contributed by atoms with van der Waals surface area (Å²) in [5.74, 6) is 2.28. The Kier molecular flexibility index (Phi) is 7.59. The van der Waals surface area contributed by atoms with Crippen LogP contribution in [0, 0.1) is 23.2 Å². The van der Waals surface area contributed by atoms with E-state index in [-0.39, 0.29) is 30.1 Å². The Morgan fingerprint density at radius 3 is 2.53 bits per heavy atom. The Morgan fingerprint density at radius 1 is 1.09 bits per heavy atom. The van der Waals surface area contributed by atoms with Crippen LogP contribution in [0.25, 0.3) is 0 Å². The van der Waals surface area contributed by atoms with Crippen molar-refractivity contribution >= 4 is 23.1 Å². The minimum absolute atomic E-state index is 0.0231. The monoisotopic (exact) mass is 486 g/mol. The molecule has 2 saturated heterocycles. The molecular weight excluding hydrogens is 456 g/mol. The number of methoxy groups -OCH3 is 2. The number of piperidine rings is 1. The molecule has 2 aromatic rings. The van der Waals surface area contributed by atoms with Gasteiger partial charge in [-0.05, 0) is 0 Å². The van der Waals surface area contributed by atoms with E-state index >= 15 is 0 Å². The topological polar surface area (TPSA) is 96.6 Å². The number of nitriles is 1. The van der Waals surface area contributed by atoms with Gasteiger partial charge < -0.3 is 24.0 Å². The van der Waals surface area contributed by atoms with E-state index in [1.54, 1.807) is 32.8 Å². The molecule has 2 fully saturated rings. The van der Waals surface area contributed by atoms with Crippen LogP contribution < -0.4 is 19.3 Å². The lowest BCUT2D eigenvalue weighted by Crippen LogP contribution is -2.44. The van der Waals surface area contributed by atoms with Gasteiger partial charge in [0.25, 0.3) is 0 Å². The molecule has 0 N–H and O–H groups in total. The fourth-order valence-electron chi connectivity index (χ4n) is 4.92. The first-order chi connectivity index (χ1) is 16.4. The molecule has 0 radical (unpaired) electrons. The van der Waals surface area contributed by atoms with Crippen LogP contribution >= 0.6 is 11.6 Å². The van der Waals surface area contributed by atoms with Crippen molar-refractivity contribution in [2.24, 2.45) is 11.8 Å². The molecule has 182 valence electrons. The zero-order chi connectivity index (χ0) is 24.2. The molecule has 0 bridgehead atoms. The smallest absolute Gasteiger partial charge is 0.232 e. The summed E-state index contributed by atoms with van der Waals surface area (Å²) in [6, 6.07) is 4.21. The number of nitrogens with zero attached hydrogens (tertiary/aromatic N) is 6. The van der Waals surface area contributed by atoms with Crippen LogP contribution in [0.3, 0.4) is 0 Å². The van der Waals surface area contributed by atoms with Gasteiger partial charge in [0.1, 0.15) is 11.9 Å². The van der Waals surface area contributed by atoms with Crippen LogP contribution in [0.1, 0.15) is 26.7 Å². The summed E-state index contributed by atoms with van der Waals surface area (Å²) >= 11 is 6.39. The van der Waals surface area contributed by atoms with E-state index in [9.17, 15) is 5.26 Å². The molecule has 5 atom stereocenters. The van der Waals surface area contributed by atoms with E-state index in [0.717, 1.165) is 31.0 Å². The number of aromatic nitrogens is 3. The SMILES string of the molecule is COc1cc(N2CCC(Oc3cnc(N4CC(OC)C(C)C4CC#N)cn3)C(C)C2)c(Cl)cn1. The van der Waals surface area contributed by atoms with Crippen LogP contribution in [0.2, 0.25) is 5.02 Å². The van der Waals surface area contributed by atoms with Crippen molar-refractivity contribution in [3.05, 3.63) is 29.7 Å². The van der Waals surface area contributed by atoms with Crippen LogP contribution in [-0.4, -0.2) is 67.1 Å². The van der Waals surface area contributed by atoms with Crippen molar-refractivity contribution in [2.45, 2.75) is 44.9 Å². The first kappa shape index (κ1) is 24.3. The van der Waals surface area contributed by atoms with Crippen molar-refractivity contribution in [3.63, 3.8) is 0 Å². The van der Waals surface area contributed by atoms with Gasteiger partial charge in [-0.25, -0.2) is 15.0 Å². The Labute approximate surface area is 205 Å². The lowest BCUT2D eigenvalue weighted by molar-refractivity contribution is 0.0839. The van der Waals surface area contributed by atoms with Gasteiger partial charge in [-0.2, -0.15) is 5.26 Å². The van der Waals surface area contributed by atoms with Gasteiger partial charge in [0.2, 0.25) is 11.8 Å². The highest BCUT2D eigenvalue weighted by Crippen LogP contribution is 2.34. The average molecular weight is 487 g/mol. The second kappa shape index (κ2) is 10.6. The molecule has 2 aliphatic rings. The van der Waals surface area contributed by atoms with E-state index in [1.165, 1.54) is 0 Å².